The minimum atomic E-state index is -3.85. The molecule has 0 aliphatic rings. The van der Waals surface area contributed by atoms with Crippen LogP contribution in [0, 0.1) is 0 Å². The average Bonchev–Trinajstić information content (AvgIpc) is 0.811. The highest BCUT2D eigenvalue weighted by atomic mass is 32.2. The molecule has 0 N–H and O–H groups in total. The first-order chi connectivity index (χ1) is 50.7. The van der Waals surface area contributed by atoms with E-state index in [-0.39, 0.29) is 78.0 Å². The van der Waals surface area contributed by atoms with Gasteiger partial charge in [0.25, 0.3) is 10.0 Å². The van der Waals surface area contributed by atoms with Crippen molar-refractivity contribution in [3.05, 3.63) is 331 Å². The summed E-state index contributed by atoms with van der Waals surface area (Å²) in [6.07, 6.45) is 17.9. The van der Waals surface area contributed by atoms with E-state index in [9.17, 15) is 39.6 Å². The highest BCUT2D eigenvalue weighted by molar-refractivity contribution is 7.89. The van der Waals surface area contributed by atoms with Crippen molar-refractivity contribution in [2.24, 2.45) is 0 Å². The average molecular weight is 1460 g/mol. The Balaban J connectivity index is 0.000000169. The predicted octanol–water partition coefficient (Wildman–Crippen LogP) is 14.0. The van der Waals surface area contributed by atoms with Gasteiger partial charge in [-0.25, -0.2) is 40.2 Å². The molecule has 0 spiro atoms. The quantitative estimate of drug-likeness (QED) is 0.0405. The Morgan fingerprint density at radius 2 is 0.733 bits per heavy atom. The van der Waals surface area contributed by atoms with E-state index in [0.29, 0.717) is 31.4 Å². The first-order valence-corrected chi connectivity index (χ1v) is 38.0. The number of pyridine rings is 5. The molecule has 23 heteroatoms. The zero-order valence-corrected chi connectivity index (χ0v) is 60.6. The van der Waals surface area contributed by atoms with E-state index in [1.54, 1.807) is 93.4 Å². The summed E-state index contributed by atoms with van der Waals surface area (Å²) in [5, 5.41) is 0.00536. The van der Waals surface area contributed by atoms with Gasteiger partial charge in [0, 0.05) is 125 Å². The smallest absolute Gasteiger partial charge is 0.261 e. The summed E-state index contributed by atoms with van der Waals surface area (Å²) < 4.78 is 91.0. The number of benzene rings is 6. The van der Waals surface area contributed by atoms with Gasteiger partial charge >= 0.3 is 0 Å². The number of sulfonamides is 3. The van der Waals surface area contributed by atoms with Gasteiger partial charge in [-0.2, -0.15) is 12.9 Å². The van der Waals surface area contributed by atoms with E-state index in [1.807, 2.05) is 164 Å². The van der Waals surface area contributed by atoms with Gasteiger partial charge in [0.1, 0.15) is 40.0 Å². The van der Waals surface area contributed by atoms with Crippen molar-refractivity contribution >= 4 is 47.4 Å². The van der Waals surface area contributed by atoms with Gasteiger partial charge in [0.2, 0.25) is 20.0 Å². The maximum absolute atomic E-state index is 13.6. The van der Waals surface area contributed by atoms with Crippen LogP contribution in [-0.4, -0.2) is 97.0 Å². The fraction of sp³-hybridized carbons (Fsp3) is 0.171. The Morgan fingerprint density at radius 3 is 1.13 bits per heavy atom. The molecular weight excluding hydrogens is 1380 g/mol. The summed E-state index contributed by atoms with van der Waals surface area (Å²) in [7, 11) is -11.5. The summed E-state index contributed by atoms with van der Waals surface area (Å²) >= 11 is 0. The van der Waals surface area contributed by atoms with Crippen LogP contribution in [0.15, 0.2) is 301 Å². The number of nitrogens with zero attached hydrogens (tertiary/aromatic N) is 10. The molecule has 0 unspecified atom stereocenters. The molecule has 6 aromatic carbocycles. The van der Waals surface area contributed by atoms with E-state index in [0.717, 1.165) is 78.1 Å². The van der Waals surface area contributed by atoms with Crippen LogP contribution in [0.25, 0.3) is 33.6 Å². The fourth-order valence-electron chi connectivity index (χ4n) is 11.0. The zero-order chi connectivity index (χ0) is 74.0. The predicted molar refractivity (Wildman–Crippen MR) is 402 cm³/mol. The standard InChI is InChI=1S/C28H27N3O3S.C27H26N4O3S.C27H25N3O4S/c1-22(32)10-11-23-6-4-7-25(18-23)21-31(35(33,34)27-8-5-16-29-19-27)20-24-12-14-26(15-13-24)28-9-2-3-17-30-28;1-21(32)8-9-22-5-4-6-24(15-22)19-31(35(33,34)27-7-2-3-14-30-27)18-23-10-12-25(13-11-23)26-16-28-20-29-17-26;1-21(31)20-34-25-7-4-6-23(16-25)19-30(35(32,33)26-8-5-14-28-17-26)18-22-10-12-24(13-11-22)27-9-2-3-15-29-27/h2-9,12-19H,10-11,20-21H2,1H3;2-7,10-17,20H,8-9,18-19H2,1H3;2-17H,18-20H2,1H3. The molecule has 534 valence electrons. The second-order valence-corrected chi connectivity index (χ2v) is 30.5. The third-order valence-electron chi connectivity index (χ3n) is 16.5. The number of ketones is 3. The lowest BCUT2D eigenvalue weighted by atomic mass is 10.0. The van der Waals surface area contributed by atoms with Gasteiger partial charge in [0.15, 0.2) is 10.8 Å². The number of carbonyl (C=O) groups is 3. The molecule has 0 saturated heterocycles. The van der Waals surface area contributed by atoms with Crippen LogP contribution in [0.4, 0.5) is 0 Å². The Labute approximate surface area is 613 Å². The second kappa shape index (κ2) is 37.2. The molecule has 0 fully saturated rings. The van der Waals surface area contributed by atoms with E-state index in [4.69, 9.17) is 4.74 Å². The van der Waals surface area contributed by atoms with Crippen molar-refractivity contribution in [2.45, 2.75) is 101 Å². The molecule has 105 heavy (non-hydrogen) atoms. The van der Waals surface area contributed by atoms with Gasteiger partial charge in [-0.1, -0.05) is 152 Å². The molecule has 0 aliphatic heterocycles. The molecule has 0 radical (unpaired) electrons. The Morgan fingerprint density at radius 1 is 0.333 bits per heavy atom. The fourth-order valence-corrected chi connectivity index (χ4v) is 15.1. The number of rotatable bonds is 30. The molecule has 6 aromatic heterocycles. The van der Waals surface area contributed by atoms with E-state index >= 15 is 0 Å². The van der Waals surface area contributed by atoms with Gasteiger partial charge in [-0.15, -0.1) is 0 Å². The van der Waals surface area contributed by atoms with Crippen LogP contribution in [0.5, 0.6) is 5.75 Å². The van der Waals surface area contributed by atoms with Crippen LogP contribution >= 0.6 is 0 Å². The molecule has 0 aliphatic carbocycles. The number of carbonyl (C=O) groups excluding carboxylic acids is 3. The maximum Gasteiger partial charge on any atom is 0.261 e. The molecule has 0 bridgehead atoms. The number of Topliss-reactive ketones (excluding diaryl/α,β-unsaturated/α-hetero) is 3. The van der Waals surface area contributed by atoms with Gasteiger partial charge in [-0.3, -0.25) is 24.7 Å². The first-order valence-electron chi connectivity index (χ1n) is 33.7. The monoisotopic (exact) mass is 1460 g/mol. The van der Waals surface area contributed by atoms with Crippen LogP contribution in [0.3, 0.4) is 0 Å². The molecule has 0 saturated carbocycles. The molecule has 12 rings (SSSR count). The summed E-state index contributed by atoms with van der Waals surface area (Å²) in [4.78, 5) is 63.2. The molecule has 0 atom stereocenters. The van der Waals surface area contributed by atoms with Crippen molar-refractivity contribution in [1.82, 2.24) is 47.8 Å². The maximum atomic E-state index is 13.6. The van der Waals surface area contributed by atoms with Gasteiger partial charge in [-0.05, 0) is 156 Å². The lowest BCUT2D eigenvalue weighted by molar-refractivity contribution is -0.119. The summed E-state index contributed by atoms with van der Waals surface area (Å²) in [6.45, 7) is 5.61. The van der Waals surface area contributed by atoms with Crippen molar-refractivity contribution in [1.29, 1.82) is 0 Å². The van der Waals surface area contributed by atoms with Crippen LogP contribution in [0.2, 0.25) is 0 Å². The Hall–Kier alpha value is -11.3. The third kappa shape index (κ3) is 22.6. The zero-order valence-electron chi connectivity index (χ0n) is 58.2. The van der Waals surface area contributed by atoms with Crippen LogP contribution in [-0.2, 0) is 96.6 Å². The van der Waals surface area contributed by atoms with Crippen molar-refractivity contribution < 1.29 is 44.4 Å². The van der Waals surface area contributed by atoms with E-state index < -0.39 is 30.1 Å². The van der Waals surface area contributed by atoms with Crippen LogP contribution < -0.4 is 4.74 Å². The summed E-state index contributed by atoms with van der Waals surface area (Å²) in [5.41, 5.74) is 12.5. The lowest BCUT2D eigenvalue weighted by Crippen LogP contribution is -2.31. The number of ether oxygens (including phenoxy) is 1. The number of hydrogen-bond acceptors (Lipinski definition) is 17. The normalized spacial score (nSPS) is 11.4. The minimum absolute atomic E-state index is 0.00536. The number of aryl methyl sites for hydroxylation is 2. The van der Waals surface area contributed by atoms with Crippen molar-refractivity contribution in [3.8, 4) is 39.4 Å². The third-order valence-corrected chi connectivity index (χ3v) is 21.7. The van der Waals surface area contributed by atoms with Crippen molar-refractivity contribution in [2.75, 3.05) is 6.61 Å². The largest absolute Gasteiger partial charge is 0.486 e. The summed E-state index contributed by atoms with van der Waals surface area (Å²) in [5.74, 6) is 0.673. The van der Waals surface area contributed by atoms with E-state index in [1.165, 1.54) is 63.1 Å². The van der Waals surface area contributed by atoms with Crippen LogP contribution in [0.1, 0.15) is 78.1 Å². The highest BCUT2D eigenvalue weighted by Crippen LogP contribution is 2.29. The Bertz CT molecular complexity index is 4650. The molecule has 0 amide bonds. The molecule has 6 heterocycles. The van der Waals surface area contributed by atoms with Crippen molar-refractivity contribution in [3.63, 3.8) is 0 Å². The second-order valence-electron chi connectivity index (χ2n) is 24.7. The van der Waals surface area contributed by atoms with Gasteiger partial charge in [0.05, 0.1) is 11.4 Å². The molecular formula is C82H78N10O10S3. The SMILES string of the molecule is CC(=O)CCc1cccc(CN(Cc2ccc(-c3ccccn3)cc2)S(=O)(=O)c2cccnc2)c1.CC(=O)CCc1cccc(CN(Cc2ccc(-c3cncnc3)cc2)S(=O)(=O)c2ccccn2)c1.CC(=O)COc1cccc(CN(Cc2ccc(-c3ccccn3)cc2)S(=O)(=O)c2cccnc2)c1. The molecule has 12 aromatic rings. The number of hydrogen-bond donors (Lipinski definition) is 0. The lowest BCUT2D eigenvalue weighted by Gasteiger charge is -2.23. The molecule has 20 nitrogen and oxygen atoms in total. The highest BCUT2D eigenvalue weighted by Gasteiger charge is 2.29. The Kier molecular flexibility index (Phi) is 27.1. The topological polar surface area (TPSA) is 263 Å². The minimum Gasteiger partial charge on any atom is -0.486 e. The van der Waals surface area contributed by atoms with E-state index in [2.05, 4.69) is 34.9 Å². The first kappa shape index (κ1) is 76.3. The van der Waals surface area contributed by atoms with Gasteiger partial charge < -0.3 is 14.3 Å². The number of aromatic nitrogens is 7. The summed E-state index contributed by atoms with van der Waals surface area (Å²) in [6, 6.07) is 68.3.